The van der Waals surface area contributed by atoms with Crippen molar-refractivity contribution in [1.82, 2.24) is 4.90 Å². The van der Waals surface area contributed by atoms with Gasteiger partial charge in [0.1, 0.15) is 0 Å². The molecule has 1 aliphatic rings. The van der Waals surface area contributed by atoms with E-state index in [1.165, 1.54) is 0 Å². The van der Waals surface area contributed by atoms with Crippen molar-refractivity contribution in [1.29, 1.82) is 0 Å². The van der Waals surface area contributed by atoms with Gasteiger partial charge in [-0.25, -0.2) is 0 Å². The largest absolute Gasteiger partial charge is 0.332 e. The fourth-order valence-electron chi connectivity index (χ4n) is 1.16. The molecule has 1 heterocycles. The molecule has 60 valence electrons. The molecule has 0 unspecified atom stereocenters. The van der Waals surface area contributed by atoms with E-state index in [4.69, 9.17) is 0 Å². The SMILES string of the molecule is CCC#CC(=O)N1CCCC1. The predicted octanol–water partition coefficient (Wildman–Crippen LogP) is 1.02. The minimum atomic E-state index is 0.00403. The summed E-state index contributed by atoms with van der Waals surface area (Å²) < 4.78 is 0. The Hall–Kier alpha value is -0.970. The van der Waals surface area contributed by atoms with Gasteiger partial charge in [0.15, 0.2) is 0 Å². The van der Waals surface area contributed by atoms with E-state index in [1.807, 2.05) is 11.8 Å². The van der Waals surface area contributed by atoms with Gasteiger partial charge in [-0.1, -0.05) is 12.8 Å². The van der Waals surface area contributed by atoms with Crippen molar-refractivity contribution in [2.45, 2.75) is 26.2 Å². The van der Waals surface area contributed by atoms with E-state index in [1.54, 1.807) is 0 Å². The topological polar surface area (TPSA) is 20.3 Å². The number of amides is 1. The summed E-state index contributed by atoms with van der Waals surface area (Å²) >= 11 is 0. The molecule has 1 rings (SSSR count). The number of hydrogen-bond donors (Lipinski definition) is 0. The van der Waals surface area contributed by atoms with Gasteiger partial charge in [-0.05, 0) is 18.8 Å². The van der Waals surface area contributed by atoms with Crippen LogP contribution in [-0.4, -0.2) is 23.9 Å². The molecular weight excluding hydrogens is 138 g/mol. The van der Waals surface area contributed by atoms with Crippen molar-refractivity contribution in [3.8, 4) is 11.8 Å². The lowest BCUT2D eigenvalue weighted by atomic mass is 10.4. The smallest absolute Gasteiger partial charge is 0.298 e. The Bertz CT molecular complexity index is 193. The number of carbonyl (C=O) groups is 1. The highest BCUT2D eigenvalue weighted by Gasteiger charge is 2.15. The zero-order chi connectivity index (χ0) is 8.10. The molecule has 0 N–H and O–H groups in total. The first-order valence-corrected chi connectivity index (χ1v) is 4.12. The van der Waals surface area contributed by atoms with E-state index in [-0.39, 0.29) is 5.91 Å². The Morgan fingerprint density at radius 3 is 2.64 bits per heavy atom. The van der Waals surface area contributed by atoms with E-state index in [0.29, 0.717) is 0 Å². The van der Waals surface area contributed by atoms with Crippen LogP contribution in [0.5, 0.6) is 0 Å². The summed E-state index contributed by atoms with van der Waals surface area (Å²) in [6.07, 6.45) is 3.04. The molecule has 0 aromatic heterocycles. The average molecular weight is 151 g/mol. The van der Waals surface area contributed by atoms with Crippen molar-refractivity contribution in [2.24, 2.45) is 0 Å². The molecule has 11 heavy (non-hydrogen) atoms. The Labute approximate surface area is 67.6 Å². The van der Waals surface area contributed by atoms with Crippen LogP contribution in [0.2, 0.25) is 0 Å². The van der Waals surface area contributed by atoms with E-state index in [2.05, 4.69) is 11.8 Å². The molecule has 2 nitrogen and oxygen atoms in total. The molecule has 0 atom stereocenters. The molecule has 0 spiro atoms. The lowest BCUT2D eigenvalue weighted by molar-refractivity contribution is -0.124. The minimum absolute atomic E-state index is 0.00403. The summed E-state index contributed by atoms with van der Waals surface area (Å²) in [6.45, 7) is 3.75. The summed E-state index contributed by atoms with van der Waals surface area (Å²) in [5.74, 6) is 5.40. The third-order valence-electron chi connectivity index (χ3n) is 1.77. The van der Waals surface area contributed by atoms with Crippen LogP contribution in [0.3, 0.4) is 0 Å². The molecule has 0 aliphatic carbocycles. The number of likely N-dealkylation sites (tertiary alicyclic amines) is 1. The molecule has 1 fully saturated rings. The van der Waals surface area contributed by atoms with Gasteiger partial charge in [0.2, 0.25) is 0 Å². The van der Waals surface area contributed by atoms with Crippen molar-refractivity contribution < 1.29 is 4.79 Å². The molecule has 1 amide bonds. The van der Waals surface area contributed by atoms with Crippen LogP contribution in [-0.2, 0) is 4.79 Å². The van der Waals surface area contributed by atoms with Crippen LogP contribution < -0.4 is 0 Å². The Morgan fingerprint density at radius 2 is 2.09 bits per heavy atom. The molecule has 0 saturated carbocycles. The molecule has 1 saturated heterocycles. The summed E-state index contributed by atoms with van der Waals surface area (Å²) in [5, 5.41) is 0. The maximum absolute atomic E-state index is 11.2. The van der Waals surface area contributed by atoms with Gasteiger partial charge in [0.05, 0.1) is 0 Å². The maximum atomic E-state index is 11.2. The molecule has 0 radical (unpaired) electrons. The van der Waals surface area contributed by atoms with Gasteiger partial charge >= 0.3 is 0 Å². The van der Waals surface area contributed by atoms with Crippen molar-refractivity contribution in [3.05, 3.63) is 0 Å². The van der Waals surface area contributed by atoms with Crippen molar-refractivity contribution >= 4 is 5.91 Å². The molecule has 2 heteroatoms. The average Bonchev–Trinajstić information content (AvgIpc) is 2.52. The second-order valence-electron chi connectivity index (χ2n) is 2.65. The van der Waals surface area contributed by atoms with Crippen LogP contribution in [0, 0.1) is 11.8 Å². The first-order valence-electron chi connectivity index (χ1n) is 4.12. The fraction of sp³-hybridized carbons (Fsp3) is 0.667. The standard InChI is InChI=1S/C9H13NO/c1-2-3-6-9(11)10-7-4-5-8-10/h2,4-5,7-8H2,1H3. The second-order valence-corrected chi connectivity index (χ2v) is 2.65. The van der Waals surface area contributed by atoms with Gasteiger partial charge < -0.3 is 4.90 Å². The molecule has 0 aromatic rings. The van der Waals surface area contributed by atoms with Crippen LogP contribution in [0.4, 0.5) is 0 Å². The third-order valence-corrected chi connectivity index (χ3v) is 1.77. The molecule has 0 bridgehead atoms. The zero-order valence-corrected chi connectivity index (χ0v) is 6.89. The zero-order valence-electron chi connectivity index (χ0n) is 6.89. The normalized spacial score (nSPS) is 15.9. The van der Waals surface area contributed by atoms with Gasteiger partial charge in [-0.2, -0.15) is 0 Å². The van der Waals surface area contributed by atoms with Gasteiger partial charge in [0, 0.05) is 19.5 Å². The van der Waals surface area contributed by atoms with E-state index < -0.39 is 0 Å². The Morgan fingerprint density at radius 1 is 1.45 bits per heavy atom. The number of carbonyl (C=O) groups excluding carboxylic acids is 1. The monoisotopic (exact) mass is 151 g/mol. The van der Waals surface area contributed by atoms with Crippen LogP contribution in [0.1, 0.15) is 26.2 Å². The van der Waals surface area contributed by atoms with E-state index in [0.717, 1.165) is 32.4 Å². The molecule has 0 aromatic carbocycles. The van der Waals surface area contributed by atoms with E-state index in [9.17, 15) is 4.79 Å². The molecular formula is C9H13NO. The number of hydrogen-bond acceptors (Lipinski definition) is 1. The summed E-state index contributed by atoms with van der Waals surface area (Å²) in [6, 6.07) is 0. The van der Waals surface area contributed by atoms with Gasteiger partial charge in [-0.3, -0.25) is 4.79 Å². The van der Waals surface area contributed by atoms with E-state index >= 15 is 0 Å². The summed E-state index contributed by atoms with van der Waals surface area (Å²) in [4.78, 5) is 13.0. The van der Waals surface area contributed by atoms with Crippen LogP contribution in [0.15, 0.2) is 0 Å². The van der Waals surface area contributed by atoms with Gasteiger partial charge in [0.25, 0.3) is 5.91 Å². The first-order chi connectivity index (χ1) is 5.34. The fourth-order valence-corrected chi connectivity index (χ4v) is 1.16. The first kappa shape index (κ1) is 8.13. The van der Waals surface area contributed by atoms with Crippen molar-refractivity contribution in [2.75, 3.05) is 13.1 Å². The highest BCUT2D eigenvalue weighted by molar-refractivity contribution is 5.93. The Balaban J connectivity index is 2.40. The minimum Gasteiger partial charge on any atom is -0.332 e. The van der Waals surface area contributed by atoms with Crippen LogP contribution >= 0.6 is 0 Å². The van der Waals surface area contributed by atoms with Gasteiger partial charge in [-0.15, -0.1) is 0 Å². The maximum Gasteiger partial charge on any atom is 0.298 e. The Kier molecular flexibility index (Phi) is 2.97. The molecule has 1 aliphatic heterocycles. The predicted molar refractivity (Wildman–Crippen MR) is 43.9 cm³/mol. The number of rotatable bonds is 0. The third kappa shape index (κ3) is 2.27. The second kappa shape index (κ2) is 4.02. The summed E-state index contributed by atoms with van der Waals surface area (Å²) in [7, 11) is 0. The lowest BCUT2D eigenvalue weighted by Gasteiger charge is -2.09. The highest BCUT2D eigenvalue weighted by Crippen LogP contribution is 2.06. The highest BCUT2D eigenvalue weighted by atomic mass is 16.2. The quantitative estimate of drug-likeness (QED) is 0.473. The van der Waals surface area contributed by atoms with Crippen molar-refractivity contribution in [3.63, 3.8) is 0 Å². The summed E-state index contributed by atoms with van der Waals surface area (Å²) in [5.41, 5.74) is 0. The lowest BCUT2D eigenvalue weighted by Crippen LogP contribution is -2.25. The van der Waals surface area contributed by atoms with Crippen LogP contribution in [0.25, 0.3) is 0 Å². The number of nitrogens with zero attached hydrogens (tertiary/aromatic N) is 1.